The molecule has 1 aliphatic rings. The Labute approximate surface area is 186 Å². The van der Waals surface area contributed by atoms with Gasteiger partial charge in [-0.05, 0) is 53.1 Å². The van der Waals surface area contributed by atoms with E-state index in [1.165, 1.54) is 16.8 Å². The van der Waals surface area contributed by atoms with Gasteiger partial charge in [0.15, 0.2) is 0 Å². The lowest BCUT2D eigenvalue weighted by Crippen LogP contribution is -2.28. The Balaban J connectivity index is 1.34. The average Bonchev–Trinajstić information content (AvgIpc) is 3.58. The average molecular weight is 451 g/mol. The van der Waals surface area contributed by atoms with Gasteiger partial charge < -0.3 is 4.42 Å². The highest BCUT2D eigenvalue weighted by atomic mass is 32.2. The number of aryl methyl sites for hydroxylation is 1. The number of carbonyl (C=O) groups is 1. The Bertz CT molecular complexity index is 1200. The van der Waals surface area contributed by atoms with Crippen molar-refractivity contribution in [2.75, 3.05) is 5.75 Å². The van der Waals surface area contributed by atoms with Crippen molar-refractivity contribution in [1.82, 2.24) is 25.2 Å². The van der Waals surface area contributed by atoms with Crippen LogP contribution in [-0.2, 0) is 4.79 Å². The largest absolute Gasteiger partial charge is 0.467 e. The van der Waals surface area contributed by atoms with Crippen molar-refractivity contribution in [3.05, 3.63) is 76.4 Å². The number of hydrazone groups is 1. The molecule has 156 valence electrons. The van der Waals surface area contributed by atoms with E-state index in [4.69, 9.17) is 4.42 Å². The molecule has 0 saturated heterocycles. The summed E-state index contributed by atoms with van der Waals surface area (Å²) in [6.07, 6.45) is 2.23. The normalized spacial score (nSPS) is 16.0. The van der Waals surface area contributed by atoms with Crippen LogP contribution in [0.25, 0.3) is 5.69 Å². The molecule has 0 unspecified atom stereocenters. The molecule has 1 amide bonds. The van der Waals surface area contributed by atoms with Gasteiger partial charge in [0.1, 0.15) is 11.8 Å². The standard InChI is InChI=1S/C21H18N6O2S2/c1-14-6-8-15(9-7-14)26-21(22-24-25-26)31-13-20(28)27-17(18-4-2-10-29-18)12-16(23-27)19-5-3-11-30-19/h2-11,17H,12-13H2,1H3/t17-/m1/s1. The number of nitrogens with zero attached hydrogens (tertiary/aromatic N) is 6. The number of aromatic nitrogens is 4. The van der Waals surface area contributed by atoms with Crippen molar-refractivity contribution in [1.29, 1.82) is 0 Å². The van der Waals surface area contributed by atoms with E-state index in [1.807, 2.05) is 60.8 Å². The first-order chi connectivity index (χ1) is 15.2. The van der Waals surface area contributed by atoms with Crippen LogP contribution >= 0.6 is 23.1 Å². The number of hydrogen-bond donors (Lipinski definition) is 0. The topological polar surface area (TPSA) is 89.4 Å². The Hall–Kier alpha value is -3.24. The molecular formula is C21H18N6O2S2. The number of furan rings is 1. The molecule has 0 spiro atoms. The zero-order valence-electron chi connectivity index (χ0n) is 16.6. The summed E-state index contributed by atoms with van der Waals surface area (Å²) in [6, 6.07) is 15.3. The highest BCUT2D eigenvalue weighted by Gasteiger charge is 2.35. The van der Waals surface area contributed by atoms with Crippen LogP contribution in [0.1, 0.15) is 28.7 Å². The number of benzene rings is 1. The molecule has 0 aliphatic carbocycles. The zero-order chi connectivity index (χ0) is 21.2. The SMILES string of the molecule is Cc1ccc(-n2nnnc2SCC(=O)N2N=C(c3cccs3)C[C@@H]2c2ccco2)cc1. The Kier molecular flexibility index (Phi) is 5.39. The van der Waals surface area contributed by atoms with Crippen molar-refractivity contribution in [2.45, 2.75) is 24.5 Å². The van der Waals surface area contributed by atoms with Crippen molar-refractivity contribution >= 4 is 34.7 Å². The van der Waals surface area contributed by atoms with Crippen molar-refractivity contribution in [3.8, 4) is 5.69 Å². The van der Waals surface area contributed by atoms with Gasteiger partial charge in [0.05, 0.1) is 28.3 Å². The number of thioether (sulfide) groups is 1. The lowest BCUT2D eigenvalue weighted by atomic mass is 10.1. The molecule has 1 aromatic carbocycles. The summed E-state index contributed by atoms with van der Waals surface area (Å²) >= 11 is 2.89. The van der Waals surface area contributed by atoms with Gasteiger partial charge in [0.25, 0.3) is 5.91 Å². The molecule has 0 fully saturated rings. The maximum Gasteiger partial charge on any atom is 0.253 e. The fourth-order valence-electron chi connectivity index (χ4n) is 3.34. The fraction of sp³-hybridized carbons (Fsp3) is 0.190. The monoisotopic (exact) mass is 450 g/mol. The number of hydrogen-bond acceptors (Lipinski definition) is 8. The third-order valence-electron chi connectivity index (χ3n) is 4.89. The van der Waals surface area contributed by atoms with Gasteiger partial charge in [-0.2, -0.15) is 9.78 Å². The van der Waals surface area contributed by atoms with Gasteiger partial charge in [0.2, 0.25) is 5.16 Å². The van der Waals surface area contributed by atoms with Crippen LogP contribution in [0, 0.1) is 6.92 Å². The van der Waals surface area contributed by atoms with E-state index in [2.05, 4.69) is 20.6 Å². The van der Waals surface area contributed by atoms with Crippen LogP contribution in [0.3, 0.4) is 0 Å². The van der Waals surface area contributed by atoms with Gasteiger partial charge in [-0.1, -0.05) is 35.5 Å². The minimum absolute atomic E-state index is 0.128. The van der Waals surface area contributed by atoms with Crippen molar-refractivity contribution in [3.63, 3.8) is 0 Å². The van der Waals surface area contributed by atoms with E-state index in [-0.39, 0.29) is 17.7 Å². The predicted octanol–water partition coefficient (Wildman–Crippen LogP) is 4.10. The zero-order valence-corrected chi connectivity index (χ0v) is 18.2. The second-order valence-electron chi connectivity index (χ2n) is 7.00. The second-order valence-corrected chi connectivity index (χ2v) is 8.89. The molecule has 8 nitrogen and oxygen atoms in total. The summed E-state index contributed by atoms with van der Waals surface area (Å²) in [7, 11) is 0. The lowest BCUT2D eigenvalue weighted by molar-refractivity contribution is -0.130. The maximum absolute atomic E-state index is 13.1. The summed E-state index contributed by atoms with van der Waals surface area (Å²) < 4.78 is 7.22. The van der Waals surface area contributed by atoms with Crippen LogP contribution < -0.4 is 0 Å². The van der Waals surface area contributed by atoms with E-state index >= 15 is 0 Å². The third-order valence-corrected chi connectivity index (χ3v) is 6.71. The number of amides is 1. The van der Waals surface area contributed by atoms with Gasteiger partial charge in [-0.3, -0.25) is 4.79 Å². The molecule has 0 saturated carbocycles. The molecule has 10 heteroatoms. The summed E-state index contributed by atoms with van der Waals surface area (Å²) in [6.45, 7) is 2.02. The molecule has 0 bridgehead atoms. The van der Waals surface area contributed by atoms with Crippen LogP contribution in [-0.4, -0.2) is 42.6 Å². The first-order valence-corrected chi connectivity index (χ1v) is 11.5. The summed E-state index contributed by atoms with van der Waals surface area (Å²) in [5.74, 6) is 0.750. The first kappa shape index (κ1) is 19.7. The van der Waals surface area contributed by atoms with E-state index < -0.39 is 0 Å². The van der Waals surface area contributed by atoms with Crippen LogP contribution in [0.4, 0.5) is 0 Å². The van der Waals surface area contributed by atoms with E-state index in [9.17, 15) is 4.79 Å². The van der Waals surface area contributed by atoms with Crippen molar-refractivity contribution < 1.29 is 9.21 Å². The first-order valence-electron chi connectivity index (χ1n) is 9.64. The van der Waals surface area contributed by atoms with Crippen LogP contribution in [0.5, 0.6) is 0 Å². The lowest BCUT2D eigenvalue weighted by Gasteiger charge is -2.19. The predicted molar refractivity (Wildman–Crippen MR) is 118 cm³/mol. The third kappa shape index (κ3) is 4.04. The van der Waals surface area contributed by atoms with Gasteiger partial charge >= 0.3 is 0 Å². The molecule has 0 radical (unpaired) electrons. The molecule has 4 heterocycles. The second kappa shape index (κ2) is 8.48. The van der Waals surface area contributed by atoms with E-state index in [0.717, 1.165) is 27.6 Å². The smallest absolute Gasteiger partial charge is 0.253 e. The molecule has 5 rings (SSSR count). The van der Waals surface area contributed by atoms with Gasteiger partial charge in [-0.15, -0.1) is 16.4 Å². The van der Waals surface area contributed by atoms with Crippen LogP contribution in [0.15, 0.2) is 74.8 Å². The Morgan fingerprint density at radius 2 is 2.10 bits per heavy atom. The molecule has 3 aromatic heterocycles. The van der Waals surface area contributed by atoms with Gasteiger partial charge in [-0.25, -0.2) is 5.01 Å². The quantitative estimate of drug-likeness (QED) is 0.411. The fourth-order valence-corrected chi connectivity index (χ4v) is 4.81. The van der Waals surface area contributed by atoms with Crippen LogP contribution in [0.2, 0.25) is 0 Å². The van der Waals surface area contributed by atoms with Gasteiger partial charge in [0, 0.05) is 6.42 Å². The minimum atomic E-state index is -0.256. The number of thiophene rings is 1. The highest BCUT2D eigenvalue weighted by Crippen LogP contribution is 2.34. The number of rotatable bonds is 6. The highest BCUT2D eigenvalue weighted by molar-refractivity contribution is 7.99. The number of tetrazole rings is 1. The Morgan fingerprint density at radius 3 is 2.84 bits per heavy atom. The molecule has 1 atom stereocenters. The molecular weight excluding hydrogens is 432 g/mol. The molecule has 31 heavy (non-hydrogen) atoms. The maximum atomic E-state index is 13.1. The van der Waals surface area contributed by atoms with E-state index in [1.54, 1.807) is 22.3 Å². The summed E-state index contributed by atoms with van der Waals surface area (Å²) in [4.78, 5) is 14.2. The Morgan fingerprint density at radius 1 is 1.23 bits per heavy atom. The number of carbonyl (C=O) groups excluding carboxylic acids is 1. The summed E-state index contributed by atoms with van der Waals surface area (Å²) in [5.41, 5.74) is 2.89. The summed E-state index contributed by atoms with van der Waals surface area (Å²) in [5, 5.41) is 20.6. The van der Waals surface area contributed by atoms with E-state index in [0.29, 0.717) is 11.6 Å². The molecule has 4 aromatic rings. The molecule has 1 aliphatic heterocycles. The van der Waals surface area contributed by atoms with Crippen molar-refractivity contribution in [2.24, 2.45) is 5.10 Å². The molecule has 0 N–H and O–H groups in total. The minimum Gasteiger partial charge on any atom is -0.467 e.